The summed E-state index contributed by atoms with van der Waals surface area (Å²) in [5, 5.41) is 3.08. The van der Waals surface area contributed by atoms with Crippen molar-refractivity contribution in [1.82, 2.24) is 5.32 Å². The molecule has 1 atom stereocenters. The summed E-state index contributed by atoms with van der Waals surface area (Å²) in [6.07, 6.45) is 2.28. The van der Waals surface area contributed by atoms with Gasteiger partial charge in [0.15, 0.2) is 0 Å². The summed E-state index contributed by atoms with van der Waals surface area (Å²) >= 11 is 3.57. The van der Waals surface area contributed by atoms with Crippen LogP contribution in [0.25, 0.3) is 0 Å². The van der Waals surface area contributed by atoms with E-state index < -0.39 is 0 Å². The monoisotopic (exact) mass is 397 g/mol. The summed E-state index contributed by atoms with van der Waals surface area (Å²) in [4.78, 5) is 14.0. The first kappa shape index (κ1) is 20.5. The quantitative estimate of drug-likeness (QED) is 0.801. The first-order chi connectivity index (χ1) is 9.20. The highest BCUT2D eigenvalue weighted by Gasteiger charge is 2.24. The number of nitrogens with two attached hydrogens (primary N) is 1. The molecule has 1 amide bonds. The molecule has 3 N–H and O–H groups in total. The van der Waals surface area contributed by atoms with Gasteiger partial charge in [-0.15, -0.1) is 24.8 Å². The van der Waals surface area contributed by atoms with Gasteiger partial charge < -0.3 is 16.0 Å². The van der Waals surface area contributed by atoms with Crippen LogP contribution in [0.4, 0.5) is 5.69 Å². The van der Waals surface area contributed by atoms with Crippen molar-refractivity contribution in [2.24, 2.45) is 5.73 Å². The maximum absolute atomic E-state index is 11.7. The van der Waals surface area contributed by atoms with Gasteiger partial charge in [-0.25, -0.2) is 0 Å². The molecule has 0 aromatic heterocycles. The summed E-state index contributed by atoms with van der Waals surface area (Å²) in [5.74, 6) is 0.115. The minimum Gasteiger partial charge on any atom is -0.368 e. The number of nitrogens with zero attached hydrogens (tertiary/aromatic N) is 1. The van der Waals surface area contributed by atoms with Gasteiger partial charge in [-0.2, -0.15) is 0 Å². The number of anilines is 1. The van der Waals surface area contributed by atoms with E-state index in [4.69, 9.17) is 5.73 Å². The zero-order valence-electron chi connectivity index (χ0n) is 11.8. The average Bonchev–Trinajstić information content (AvgIpc) is 2.85. The Morgan fingerprint density at radius 3 is 2.76 bits per heavy atom. The summed E-state index contributed by atoms with van der Waals surface area (Å²) in [6.45, 7) is 2.42. The second-order valence-corrected chi connectivity index (χ2v) is 5.70. The number of carbonyl (C=O) groups excluding carboxylic acids is 1. The topological polar surface area (TPSA) is 58.4 Å². The number of carbonyl (C=O) groups is 1. The van der Waals surface area contributed by atoms with Crippen LogP contribution in [0.5, 0.6) is 0 Å². The predicted molar refractivity (Wildman–Crippen MR) is 95.7 cm³/mol. The highest BCUT2D eigenvalue weighted by atomic mass is 79.9. The van der Waals surface area contributed by atoms with Crippen LogP contribution in [0.2, 0.25) is 0 Å². The molecule has 1 saturated heterocycles. The minimum atomic E-state index is 0. The van der Waals surface area contributed by atoms with Crippen molar-refractivity contribution in [1.29, 1.82) is 0 Å². The number of para-hydroxylation sites is 1. The molecule has 1 aliphatic rings. The summed E-state index contributed by atoms with van der Waals surface area (Å²) < 4.78 is 1.10. The zero-order chi connectivity index (χ0) is 13.7. The van der Waals surface area contributed by atoms with E-state index in [1.165, 1.54) is 5.69 Å². The molecule has 0 aliphatic carbocycles. The molecule has 1 aliphatic heterocycles. The van der Waals surface area contributed by atoms with Gasteiger partial charge in [0.05, 0.1) is 5.69 Å². The second-order valence-electron chi connectivity index (χ2n) is 4.84. The van der Waals surface area contributed by atoms with Crippen molar-refractivity contribution in [3.63, 3.8) is 0 Å². The fraction of sp³-hybridized carbons (Fsp3) is 0.500. The molecule has 0 spiro atoms. The van der Waals surface area contributed by atoms with Crippen molar-refractivity contribution >= 4 is 52.3 Å². The van der Waals surface area contributed by atoms with Crippen molar-refractivity contribution in [2.45, 2.75) is 25.3 Å². The van der Waals surface area contributed by atoms with Crippen LogP contribution < -0.4 is 16.0 Å². The number of hydrogen-bond acceptors (Lipinski definition) is 3. The first-order valence-corrected chi connectivity index (χ1v) is 7.49. The van der Waals surface area contributed by atoms with Gasteiger partial charge in [-0.3, -0.25) is 4.79 Å². The van der Waals surface area contributed by atoms with Crippen LogP contribution in [-0.4, -0.2) is 31.6 Å². The Bertz CT molecular complexity index is 448. The van der Waals surface area contributed by atoms with Gasteiger partial charge >= 0.3 is 0 Å². The fourth-order valence-corrected chi connectivity index (χ4v) is 2.90. The maximum atomic E-state index is 11.7. The molecule has 1 unspecified atom stereocenters. The molecule has 120 valence electrons. The Kier molecular flexibility index (Phi) is 10.0. The first-order valence-electron chi connectivity index (χ1n) is 6.69. The van der Waals surface area contributed by atoms with Crippen LogP contribution in [0.1, 0.15) is 19.3 Å². The SMILES string of the molecule is Cl.Cl.NCCCC(=O)NC1CCN(c2ccccc2Br)C1. The second kappa shape index (κ2) is 10.3. The van der Waals surface area contributed by atoms with E-state index in [1.807, 2.05) is 18.2 Å². The summed E-state index contributed by atoms with van der Waals surface area (Å²) in [7, 11) is 0. The van der Waals surface area contributed by atoms with Gasteiger partial charge in [0.1, 0.15) is 0 Å². The normalized spacial score (nSPS) is 16.9. The van der Waals surface area contributed by atoms with Crippen LogP contribution in [-0.2, 0) is 4.79 Å². The highest BCUT2D eigenvalue weighted by molar-refractivity contribution is 9.10. The van der Waals surface area contributed by atoms with Crippen LogP contribution in [0.15, 0.2) is 28.7 Å². The number of nitrogens with one attached hydrogen (secondary N) is 1. The molecule has 0 radical (unpaired) electrons. The fourth-order valence-electron chi connectivity index (χ4n) is 2.37. The van der Waals surface area contributed by atoms with Crippen LogP contribution in [0, 0.1) is 0 Å². The zero-order valence-corrected chi connectivity index (χ0v) is 15.0. The average molecular weight is 399 g/mol. The molecule has 1 fully saturated rings. The van der Waals surface area contributed by atoms with E-state index in [0.29, 0.717) is 13.0 Å². The van der Waals surface area contributed by atoms with Gasteiger partial charge in [-0.05, 0) is 47.4 Å². The van der Waals surface area contributed by atoms with E-state index in [9.17, 15) is 4.79 Å². The molecule has 4 nitrogen and oxygen atoms in total. The Morgan fingerprint density at radius 1 is 1.38 bits per heavy atom. The number of benzene rings is 1. The summed E-state index contributed by atoms with van der Waals surface area (Å²) in [6, 6.07) is 8.44. The van der Waals surface area contributed by atoms with Crippen molar-refractivity contribution in [2.75, 3.05) is 24.5 Å². The number of amides is 1. The third-order valence-corrected chi connectivity index (χ3v) is 4.03. The van der Waals surface area contributed by atoms with E-state index in [0.717, 1.165) is 30.4 Å². The number of halogens is 3. The van der Waals surface area contributed by atoms with Crippen LogP contribution in [0.3, 0.4) is 0 Å². The number of rotatable bonds is 5. The lowest BCUT2D eigenvalue weighted by molar-refractivity contribution is -0.121. The standard InChI is InChI=1S/C14H20BrN3O.2ClH/c15-12-4-1-2-5-13(12)18-9-7-11(10-18)17-14(19)6-3-8-16;;/h1-2,4-5,11H,3,6-10,16H2,(H,17,19);2*1H. The van der Waals surface area contributed by atoms with Gasteiger partial charge in [-0.1, -0.05) is 12.1 Å². The molecule has 7 heteroatoms. The maximum Gasteiger partial charge on any atom is 0.220 e. The predicted octanol–water partition coefficient (Wildman–Crippen LogP) is 2.73. The molecule has 1 aromatic rings. The Labute approximate surface area is 146 Å². The van der Waals surface area contributed by atoms with E-state index in [1.54, 1.807) is 0 Å². The molecular formula is C14H22BrCl2N3O. The van der Waals surface area contributed by atoms with Crippen molar-refractivity contribution in [3.8, 4) is 0 Å². The lowest BCUT2D eigenvalue weighted by Crippen LogP contribution is -2.37. The molecular weight excluding hydrogens is 377 g/mol. The molecule has 1 heterocycles. The van der Waals surface area contributed by atoms with E-state index in [-0.39, 0.29) is 36.8 Å². The lowest BCUT2D eigenvalue weighted by Gasteiger charge is -2.20. The van der Waals surface area contributed by atoms with Gasteiger partial charge in [0.25, 0.3) is 0 Å². The molecule has 2 rings (SSSR count). The third-order valence-electron chi connectivity index (χ3n) is 3.35. The van der Waals surface area contributed by atoms with Gasteiger partial charge in [0.2, 0.25) is 5.91 Å². The summed E-state index contributed by atoms with van der Waals surface area (Å²) in [5.41, 5.74) is 6.60. The lowest BCUT2D eigenvalue weighted by atomic mass is 10.2. The van der Waals surface area contributed by atoms with Crippen molar-refractivity contribution < 1.29 is 4.79 Å². The number of hydrogen-bond donors (Lipinski definition) is 2. The Morgan fingerprint density at radius 2 is 2.10 bits per heavy atom. The van der Waals surface area contributed by atoms with E-state index >= 15 is 0 Å². The van der Waals surface area contributed by atoms with E-state index in [2.05, 4.69) is 32.2 Å². The smallest absolute Gasteiger partial charge is 0.220 e. The minimum absolute atomic E-state index is 0. The molecule has 0 saturated carbocycles. The molecule has 1 aromatic carbocycles. The van der Waals surface area contributed by atoms with Crippen molar-refractivity contribution in [3.05, 3.63) is 28.7 Å². The Hall–Kier alpha value is -0.490. The largest absolute Gasteiger partial charge is 0.368 e. The Balaban J connectivity index is 0.00000200. The molecule has 21 heavy (non-hydrogen) atoms. The van der Waals surface area contributed by atoms with Gasteiger partial charge in [0, 0.05) is 30.0 Å². The van der Waals surface area contributed by atoms with Crippen LogP contribution >= 0.6 is 40.7 Å². The third kappa shape index (κ3) is 6.02. The molecule has 0 bridgehead atoms. The highest BCUT2D eigenvalue weighted by Crippen LogP contribution is 2.28.